The summed E-state index contributed by atoms with van der Waals surface area (Å²) >= 11 is 1.15. The lowest BCUT2D eigenvalue weighted by Crippen LogP contribution is -2.24. The van der Waals surface area contributed by atoms with Crippen molar-refractivity contribution in [3.8, 4) is 5.69 Å². The molecule has 7 nitrogen and oxygen atoms in total. The Balaban J connectivity index is 1.28. The van der Waals surface area contributed by atoms with Crippen LogP contribution < -0.4 is 10.9 Å². The Kier molecular flexibility index (Phi) is 6.40. The third-order valence-electron chi connectivity index (χ3n) is 7.10. The zero-order valence-electron chi connectivity index (χ0n) is 21.7. The number of fused-ring (bicyclic) bond motifs is 3. The van der Waals surface area contributed by atoms with Crippen molar-refractivity contribution < 1.29 is 14.4 Å². The Hall–Kier alpha value is -4.82. The predicted octanol–water partition coefficient (Wildman–Crippen LogP) is 5.51. The lowest BCUT2D eigenvalue weighted by molar-refractivity contribution is -0.113. The number of amides is 1. The molecule has 6 rings (SSSR count). The van der Waals surface area contributed by atoms with Crippen LogP contribution >= 0.6 is 11.8 Å². The Morgan fingerprint density at radius 1 is 0.800 bits per heavy atom. The lowest BCUT2D eigenvalue weighted by atomic mass is 9.84. The minimum Gasteiger partial charge on any atom is -0.325 e. The molecule has 0 unspecified atom stereocenters. The van der Waals surface area contributed by atoms with E-state index in [1.54, 1.807) is 59.2 Å². The maximum atomic E-state index is 13.6. The summed E-state index contributed by atoms with van der Waals surface area (Å²) in [5.41, 5.74) is 4.75. The molecule has 1 heterocycles. The van der Waals surface area contributed by atoms with Crippen LogP contribution in [0, 0.1) is 13.8 Å². The van der Waals surface area contributed by atoms with Gasteiger partial charge in [-0.15, -0.1) is 0 Å². The standard InChI is InChI=1S/C32H23N3O4S/c1-18-8-7-13-27(19(18)2)35-31(39)24-11-5-6-12-26(24)34-32(35)40-17-28(36)33-20-14-15-23-25(16-20)30(38)22-10-4-3-9-21(22)29(23)37/h3-16H,17H2,1-2H3,(H,33,36). The highest BCUT2D eigenvalue weighted by molar-refractivity contribution is 7.99. The quantitative estimate of drug-likeness (QED) is 0.227. The smallest absolute Gasteiger partial charge is 0.266 e. The van der Waals surface area contributed by atoms with Crippen LogP contribution in [0.15, 0.2) is 94.9 Å². The first-order valence-electron chi connectivity index (χ1n) is 12.7. The Bertz CT molecular complexity index is 1940. The van der Waals surface area contributed by atoms with E-state index in [2.05, 4.69) is 5.32 Å². The zero-order chi connectivity index (χ0) is 28.0. The van der Waals surface area contributed by atoms with Crippen molar-refractivity contribution in [3.05, 3.63) is 129 Å². The second-order valence-electron chi connectivity index (χ2n) is 9.57. The average molecular weight is 546 g/mol. The number of carbonyl (C=O) groups excluding carboxylic acids is 3. The SMILES string of the molecule is Cc1cccc(-n2c(SCC(=O)Nc3ccc4c(c3)C(=O)c3ccccc3C4=O)nc3ccccc3c2=O)c1C. The van der Waals surface area contributed by atoms with Crippen LogP contribution in [0.5, 0.6) is 0 Å². The van der Waals surface area contributed by atoms with Crippen molar-refractivity contribution in [2.45, 2.75) is 19.0 Å². The van der Waals surface area contributed by atoms with Gasteiger partial charge in [0, 0.05) is 27.9 Å². The molecule has 1 N–H and O–H groups in total. The molecule has 0 saturated carbocycles. The largest absolute Gasteiger partial charge is 0.325 e. The van der Waals surface area contributed by atoms with E-state index in [9.17, 15) is 19.2 Å². The average Bonchev–Trinajstić information content (AvgIpc) is 2.97. The number of aromatic nitrogens is 2. The van der Waals surface area contributed by atoms with Crippen molar-refractivity contribution in [1.29, 1.82) is 0 Å². The van der Waals surface area contributed by atoms with Gasteiger partial charge in [0.1, 0.15) is 0 Å². The molecule has 0 atom stereocenters. The van der Waals surface area contributed by atoms with Crippen molar-refractivity contribution in [2.24, 2.45) is 0 Å². The maximum Gasteiger partial charge on any atom is 0.266 e. The van der Waals surface area contributed by atoms with E-state index < -0.39 is 0 Å². The van der Waals surface area contributed by atoms with E-state index in [1.165, 1.54) is 6.07 Å². The molecule has 0 fully saturated rings. The van der Waals surface area contributed by atoms with Crippen molar-refractivity contribution >= 4 is 45.8 Å². The van der Waals surface area contributed by atoms with E-state index in [1.807, 2.05) is 38.1 Å². The Labute approximate surface area is 233 Å². The van der Waals surface area contributed by atoms with Gasteiger partial charge in [0.15, 0.2) is 16.7 Å². The third kappa shape index (κ3) is 4.32. The van der Waals surface area contributed by atoms with E-state index in [4.69, 9.17) is 4.98 Å². The van der Waals surface area contributed by atoms with Gasteiger partial charge in [0.05, 0.1) is 22.3 Å². The first-order valence-corrected chi connectivity index (χ1v) is 13.7. The minimum absolute atomic E-state index is 0.0254. The number of benzene rings is 4. The summed E-state index contributed by atoms with van der Waals surface area (Å²) in [4.78, 5) is 57.3. The Morgan fingerprint density at radius 2 is 1.48 bits per heavy atom. The number of hydrogen-bond acceptors (Lipinski definition) is 6. The van der Waals surface area contributed by atoms with E-state index in [0.717, 1.165) is 22.9 Å². The van der Waals surface area contributed by atoms with Crippen LogP contribution in [0.25, 0.3) is 16.6 Å². The van der Waals surface area contributed by atoms with Crippen LogP contribution in [0.2, 0.25) is 0 Å². The molecule has 40 heavy (non-hydrogen) atoms. The minimum atomic E-state index is -0.338. The van der Waals surface area contributed by atoms with Gasteiger partial charge in [-0.1, -0.05) is 60.3 Å². The normalized spacial score (nSPS) is 12.2. The summed E-state index contributed by atoms with van der Waals surface area (Å²) in [6.07, 6.45) is 0. The summed E-state index contributed by atoms with van der Waals surface area (Å²) in [5.74, 6) is -0.837. The van der Waals surface area contributed by atoms with E-state index >= 15 is 0 Å². The molecular weight excluding hydrogens is 522 g/mol. The third-order valence-corrected chi connectivity index (χ3v) is 8.04. The highest BCUT2D eigenvalue weighted by Gasteiger charge is 2.29. The van der Waals surface area contributed by atoms with Crippen molar-refractivity contribution in [3.63, 3.8) is 0 Å². The van der Waals surface area contributed by atoms with Crippen LogP contribution in [0.3, 0.4) is 0 Å². The number of carbonyl (C=O) groups is 3. The number of aryl methyl sites for hydroxylation is 1. The number of nitrogens with zero attached hydrogens (tertiary/aromatic N) is 2. The molecule has 0 radical (unpaired) electrons. The van der Waals surface area contributed by atoms with Gasteiger partial charge >= 0.3 is 0 Å². The topological polar surface area (TPSA) is 98.1 Å². The number of anilines is 1. The molecule has 196 valence electrons. The molecule has 0 spiro atoms. The highest BCUT2D eigenvalue weighted by Crippen LogP contribution is 2.30. The number of rotatable bonds is 5. The summed E-state index contributed by atoms with van der Waals surface area (Å²) in [6.45, 7) is 3.93. The molecule has 0 saturated heterocycles. The van der Waals surface area contributed by atoms with Gasteiger partial charge < -0.3 is 5.32 Å². The first-order chi connectivity index (χ1) is 19.3. The van der Waals surface area contributed by atoms with Crippen molar-refractivity contribution in [1.82, 2.24) is 9.55 Å². The van der Waals surface area contributed by atoms with E-state index in [0.29, 0.717) is 44.1 Å². The first kappa shape index (κ1) is 25.5. The molecule has 0 aliphatic heterocycles. The van der Waals surface area contributed by atoms with Gasteiger partial charge in [0.2, 0.25) is 5.91 Å². The highest BCUT2D eigenvalue weighted by atomic mass is 32.2. The zero-order valence-corrected chi connectivity index (χ0v) is 22.5. The molecule has 1 aliphatic carbocycles. The molecule has 1 aliphatic rings. The molecule has 4 aromatic carbocycles. The number of ketones is 2. The van der Waals surface area contributed by atoms with Crippen molar-refractivity contribution in [2.75, 3.05) is 11.1 Å². The van der Waals surface area contributed by atoms with Gasteiger partial charge in [-0.3, -0.25) is 23.7 Å². The maximum absolute atomic E-state index is 13.6. The molecule has 1 aromatic heterocycles. The number of para-hydroxylation sites is 1. The van der Waals surface area contributed by atoms with Gasteiger partial charge in [-0.2, -0.15) is 0 Å². The number of hydrogen-bond donors (Lipinski definition) is 1. The molecule has 5 aromatic rings. The van der Waals surface area contributed by atoms with Crippen LogP contribution in [-0.2, 0) is 4.79 Å². The van der Waals surface area contributed by atoms with Gasteiger partial charge in [-0.05, 0) is 61.4 Å². The summed E-state index contributed by atoms with van der Waals surface area (Å²) in [6, 6.07) is 24.3. The second kappa shape index (κ2) is 10.1. The fourth-order valence-electron chi connectivity index (χ4n) is 4.90. The lowest BCUT2D eigenvalue weighted by Gasteiger charge is -2.18. The van der Waals surface area contributed by atoms with Crippen LogP contribution in [-0.4, -0.2) is 32.8 Å². The van der Waals surface area contributed by atoms with Gasteiger partial charge in [0.25, 0.3) is 5.56 Å². The predicted molar refractivity (Wildman–Crippen MR) is 156 cm³/mol. The summed E-state index contributed by atoms with van der Waals surface area (Å²) in [7, 11) is 0. The molecule has 8 heteroatoms. The summed E-state index contributed by atoms with van der Waals surface area (Å²) < 4.78 is 1.56. The molecule has 1 amide bonds. The Morgan fingerprint density at radius 3 is 2.25 bits per heavy atom. The fourth-order valence-corrected chi connectivity index (χ4v) is 5.71. The summed E-state index contributed by atoms with van der Waals surface area (Å²) in [5, 5.41) is 3.71. The van der Waals surface area contributed by atoms with Crippen LogP contribution in [0.4, 0.5) is 5.69 Å². The second-order valence-corrected chi connectivity index (χ2v) is 10.5. The number of thioether (sulfide) groups is 1. The molecular formula is C32H23N3O4S. The van der Waals surface area contributed by atoms with Crippen LogP contribution in [0.1, 0.15) is 43.0 Å². The van der Waals surface area contributed by atoms with Gasteiger partial charge in [-0.25, -0.2) is 4.98 Å². The fraction of sp³-hybridized carbons (Fsp3) is 0.0938. The monoisotopic (exact) mass is 545 g/mol. The van der Waals surface area contributed by atoms with E-state index in [-0.39, 0.29) is 34.3 Å². The number of nitrogens with one attached hydrogen (secondary N) is 1. The molecule has 0 bridgehead atoms.